The summed E-state index contributed by atoms with van der Waals surface area (Å²) in [6.45, 7) is 2.26. The Hall–Kier alpha value is 0.104. The van der Waals surface area contributed by atoms with E-state index in [1.165, 1.54) is 70.6 Å². The molecule has 5 N–H and O–H groups in total. The smallest absolute Gasteiger partial charge is 0.303 e. The van der Waals surface area contributed by atoms with Gasteiger partial charge >= 0.3 is 5.97 Å². The van der Waals surface area contributed by atoms with Crippen LogP contribution in [0.2, 0.25) is 0 Å². The van der Waals surface area contributed by atoms with Crippen LogP contribution in [0.5, 0.6) is 0 Å². The normalized spacial score (nSPS) is 9.19. The Kier molecular flexibility index (Phi) is 34.8. The second kappa shape index (κ2) is 25.1. The van der Waals surface area contributed by atoms with E-state index >= 15 is 0 Å². The molecule has 0 aromatic heterocycles. The van der Waals surface area contributed by atoms with Gasteiger partial charge in [-0.25, -0.2) is 0 Å². The molecule has 0 heterocycles. The Morgan fingerprint density at radius 2 is 0.952 bits per heavy atom. The van der Waals surface area contributed by atoms with E-state index in [0.29, 0.717) is 6.42 Å². The van der Waals surface area contributed by atoms with Crippen molar-refractivity contribution in [1.29, 1.82) is 0 Å². The van der Waals surface area contributed by atoms with Gasteiger partial charge in [-0.1, -0.05) is 84.0 Å². The second-order valence-electron chi connectivity index (χ2n) is 5.39. The molecule has 0 bridgehead atoms. The molecule has 0 radical (unpaired) electrons. The van der Waals surface area contributed by atoms with Gasteiger partial charge in [0, 0.05) is 28.1 Å². The van der Waals surface area contributed by atoms with E-state index in [9.17, 15) is 4.79 Å². The number of hydrogen-bond donors (Lipinski definition) is 1. The van der Waals surface area contributed by atoms with Crippen molar-refractivity contribution in [3.63, 3.8) is 0 Å². The summed E-state index contributed by atoms with van der Waals surface area (Å²) in [5.41, 5.74) is 0. The van der Waals surface area contributed by atoms with Crippen molar-refractivity contribution < 1.29 is 42.6 Å². The largest absolute Gasteiger partial charge is 0.481 e. The van der Waals surface area contributed by atoms with Gasteiger partial charge in [0.25, 0.3) is 0 Å². The van der Waals surface area contributed by atoms with E-state index in [1.54, 1.807) is 0 Å². The Labute approximate surface area is 145 Å². The number of unbranched alkanes of at least 4 members (excludes halogenated alkanes) is 12. The molecule has 0 aromatic carbocycles. The summed E-state index contributed by atoms with van der Waals surface area (Å²) in [6.07, 6.45) is 17.3. The molecule has 21 heavy (non-hydrogen) atoms. The predicted molar refractivity (Wildman–Crippen MR) is 85.2 cm³/mol. The minimum atomic E-state index is -0.655. The van der Waals surface area contributed by atoms with Crippen LogP contribution < -0.4 is 0 Å². The maximum absolute atomic E-state index is 10.3. The zero-order valence-corrected chi connectivity index (χ0v) is 15.3. The molecule has 0 atom stereocenters. The Morgan fingerprint density at radius 1 is 0.667 bits per heavy atom. The van der Waals surface area contributed by atoms with Crippen LogP contribution in [0, 0.1) is 0 Å². The molecule has 0 spiro atoms. The van der Waals surface area contributed by atoms with Crippen molar-refractivity contribution >= 4 is 5.97 Å². The first-order valence-electron chi connectivity index (χ1n) is 7.99. The summed E-state index contributed by atoms with van der Waals surface area (Å²) in [6, 6.07) is 0. The second-order valence-corrected chi connectivity index (χ2v) is 5.39. The molecule has 0 aliphatic carbocycles. The topological polar surface area (TPSA) is 100 Å². The standard InChI is InChI=1S/C16H32O2.2H2O.Ti/c1-2-3-4-5-6-7-8-9-10-11-12-13-14-15-16(17)18;;;/h2-15H2,1H3,(H,17,18);2*1H2;. The first-order valence-corrected chi connectivity index (χ1v) is 7.99. The molecule has 0 aliphatic rings. The Balaban J connectivity index is -0.000000482. The van der Waals surface area contributed by atoms with Gasteiger partial charge in [0.1, 0.15) is 0 Å². The SMILES string of the molecule is CCCCCCCCCCCCCCCC(=O)O.O.O.[Ti]. The van der Waals surface area contributed by atoms with E-state index in [-0.39, 0.29) is 32.7 Å². The molecule has 4 nitrogen and oxygen atoms in total. The number of carboxylic acid groups (broad SMARTS) is 1. The first-order chi connectivity index (χ1) is 8.77. The summed E-state index contributed by atoms with van der Waals surface area (Å²) in [5, 5.41) is 8.49. The third-order valence-electron chi connectivity index (χ3n) is 3.49. The van der Waals surface area contributed by atoms with Crippen LogP contribution in [0.3, 0.4) is 0 Å². The summed E-state index contributed by atoms with van der Waals surface area (Å²) < 4.78 is 0. The summed E-state index contributed by atoms with van der Waals surface area (Å²) >= 11 is 0. The van der Waals surface area contributed by atoms with Crippen LogP contribution in [0.4, 0.5) is 0 Å². The predicted octanol–water partition coefficient (Wildman–Crippen LogP) is 3.90. The minimum absolute atomic E-state index is 0. The number of hydrogen-bond acceptors (Lipinski definition) is 1. The number of rotatable bonds is 14. The summed E-state index contributed by atoms with van der Waals surface area (Å²) in [4.78, 5) is 10.3. The van der Waals surface area contributed by atoms with E-state index in [4.69, 9.17) is 5.11 Å². The van der Waals surface area contributed by atoms with Gasteiger partial charge in [0.2, 0.25) is 0 Å². The molecule has 0 aromatic rings. The average Bonchev–Trinajstić information content (AvgIpc) is 2.34. The van der Waals surface area contributed by atoms with Crippen molar-refractivity contribution in [2.45, 2.75) is 96.8 Å². The number of carbonyl (C=O) groups is 1. The quantitative estimate of drug-likeness (QED) is 0.383. The third kappa shape index (κ3) is 28.9. The van der Waals surface area contributed by atoms with Crippen molar-refractivity contribution in [3.8, 4) is 0 Å². The summed E-state index contributed by atoms with van der Waals surface area (Å²) in [5.74, 6) is -0.655. The van der Waals surface area contributed by atoms with Gasteiger partial charge in [0.15, 0.2) is 0 Å². The van der Waals surface area contributed by atoms with Crippen LogP contribution in [-0.2, 0) is 26.5 Å². The van der Waals surface area contributed by atoms with Crippen LogP contribution in [0.1, 0.15) is 96.8 Å². The molecule has 0 fully saturated rings. The maximum atomic E-state index is 10.3. The molecular weight excluding hydrogens is 304 g/mol. The fraction of sp³-hybridized carbons (Fsp3) is 0.938. The van der Waals surface area contributed by atoms with E-state index in [1.807, 2.05) is 0 Å². The molecule has 0 aliphatic heterocycles. The average molecular weight is 340 g/mol. The molecule has 128 valence electrons. The molecule has 0 unspecified atom stereocenters. The van der Waals surface area contributed by atoms with E-state index in [0.717, 1.165) is 12.8 Å². The first kappa shape index (κ1) is 29.2. The van der Waals surface area contributed by atoms with Crippen molar-refractivity contribution in [1.82, 2.24) is 0 Å². The molecule has 0 amide bonds. The van der Waals surface area contributed by atoms with Crippen LogP contribution in [-0.4, -0.2) is 22.0 Å². The van der Waals surface area contributed by atoms with Gasteiger partial charge in [0.05, 0.1) is 0 Å². The van der Waals surface area contributed by atoms with Gasteiger partial charge in [-0.15, -0.1) is 0 Å². The minimum Gasteiger partial charge on any atom is -0.481 e. The summed E-state index contributed by atoms with van der Waals surface area (Å²) in [7, 11) is 0. The zero-order chi connectivity index (χ0) is 13.5. The van der Waals surface area contributed by atoms with Crippen LogP contribution in [0.15, 0.2) is 0 Å². The number of carboxylic acids is 1. The molecular formula is C16H36O4Ti. The fourth-order valence-corrected chi connectivity index (χ4v) is 2.29. The molecule has 0 saturated carbocycles. The fourth-order valence-electron chi connectivity index (χ4n) is 2.29. The Bertz CT molecular complexity index is 189. The molecule has 0 rings (SSSR count). The van der Waals surface area contributed by atoms with E-state index < -0.39 is 5.97 Å². The van der Waals surface area contributed by atoms with Gasteiger partial charge in [-0.2, -0.15) is 0 Å². The Morgan fingerprint density at radius 3 is 1.24 bits per heavy atom. The van der Waals surface area contributed by atoms with Crippen LogP contribution in [0.25, 0.3) is 0 Å². The monoisotopic (exact) mass is 340 g/mol. The van der Waals surface area contributed by atoms with Crippen molar-refractivity contribution in [2.75, 3.05) is 0 Å². The molecule has 5 heteroatoms. The van der Waals surface area contributed by atoms with Gasteiger partial charge in [-0.3, -0.25) is 4.79 Å². The maximum Gasteiger partial charge on any atom is 0.303 e. The number of aliphatic carboxylic acids is 1. The molecule has 0 saturated heterocycles. The van der Waals surface area contributed by atoms with Crippen molar-refractivity contribution in [2.24, 2.45) is 0 Å². The van der Waals surface area contributed by atoms with Crippen molar-refractivity contribution in [3.05, 3.63) is 0 Å². The van der Waals surface area contributed by atoms with E-state index in [2.05, 4.69) is 6.92 Å². The van der Waals surface area contributed by atoms with Crippen LogP contribution >= 0.6 is 0 Å². The van der Waals surface area contributed by atoms with Gasteiger partial charge < -0.3 is 16.1 Å². The zero-order valence-electron chi connectivity index (χ0n) is 13.8. The third-order valence-corrected chi connectivity index (χ3v) is 3.49. The van der Waals surface area contributed by atoms with Gasteiger partial charge in [-0.05, 0) is 6.42 Å².